The summed E-state index contributed by atoms with van der Waals surface area (Å²) in [5.74, 6) is 0.281. The summed E-state index contributed by atoms with van der Waals surface area (Å²) in [5.41, 5.74) is 0.745. The van der Waals surface area contributed by atoms with Crippen molar-refractivity contribution < 1.29 is 19.5 Å². The van der Waals surface area contributed by atoms with E-state index in [1.165, 1.54) is 6.07 Å². The lowest BCUT2D eigenvalue weighted by Gasteiger charge is -2.10. The van der Waals surface area contributed by atoms with E-state index in [1.807, 2.05) is 6.92 Å². The van der Waals surface area contributed by atoms with Gasteiger partial charge in [-0.25, -0.2) is 0 Å². The van der Waals surface area contributed by atoms with E-state index in [-0.39, 0.29) is 18.0 Å². The average Bonchev–Trinajstić information content (AvgIpc) is 2.48. The summed E-state index contributed by atoms with van der Waals surface area (Å²) in [6.45, 7) is 3.98. The Bertz CT molecular complexity index is 439. The summed E-state index contributed by atoms with van der Waals surface area (Å²) in [6, 6.07) is 4.74. The molecule has 7 heteroatoms. The zero-order valence-corrected chi connectivity index (χ0v) is 12.2. The molecule has 7 nitrogen and oxygen atoms in total. The predicted molar refractivity (Wildman–Crippen MR) is 79.9 cm³/mol. The topological polar surface area (TPSA) is 93.9 Å². The van der Waals surface area contributed by atoms with E-state index < -0.39 is 4.92 Å². The molecule has 0 saturated heterocycles. The van der Waals surface area contributed by atoms with Gasteiger partial charge in [0, 0.05) is 31.0 Å². The van der Waals surface area contributed by atoms with Crippen LogP contribution in [0.15, 0.2) is 18.2 Å². The molecule has 0 fully saturated rings. The SMILES string of the molecule is CCCOc1cc(NCCCOCCO)ccc1[N+](=O)[O-]. The maximum absolute atomic E-state index is 10.9. The van der Waals surface area contributed by atoms with Crippen LogP contribution in [0.25, 0.3) is 0 Å². The van der Waals surface area contributed by atoms with Gasteiger partial charge < -0.3 is 19.9 Å². The normalized spacial score (nSPS) is 10.4. The maximum atomic E-state index is 10.9. The fourth-order valence-electron chi connectivity index (χ4n) is 1.68. The summed E-state index contributed by atoms with van der Waals surface area (Å²) in [7, 11) is 0. The zero-order valence-electron chi connectivity index (χ0n) is 12.2. The van der Waals surface area contributed by atoms with E-state index in [0.29, 0.717) is 26.4 Å². The van der Waals surface area contributed by atoms with Gasteiger partial charge >= 0.3 is 5.69 Å². The Morgan fingerprint density at radius 2 is 2.14 bits per heavy atom. The van der Waals surface area contributed by atoms with E-state index >= 15 is 0 Å². The van der Waals surface area contributed by atoms with Crippen molar-refractivity contribution in [2.45, 2.75) is 19.8 Å². The number of anilines is 1. The first-order valence-electron chi connectivity index (χ1n) is 7.02. The van der Waals surface area contributed by atoms with Crippen LogP contribution < -0.4 is 10.1 Å². The number of nitrogens with one attached hydrogen (secondary N) is 1. The van der Waals surface area contributed by atoms with Crippen molar-refractivity contribution in [3.63, 3.8) is 0 Å². The van der Waals surface area contributed by atoms with Gasteiger partial charge in [-0.15, -0.1) is 0 Å². The van der Waals surface area contributed by atoms with E-state index in [0.717, 1.165) is 18.5 Å². The van der Waals surface area contributed by atoms with Crippen molar-refractivity contribution in [3.05, 3.63) is 28.3 Å². The fraction of sp³-hybridized carbons (Fsp3) is 0.571. The molecular formula is C14H22N2O5. The molecule has 0 aliphatic heterocycles. The molecule has 0 atom stereocenters. The number of aliphatic hydroxyl groups is 1. The van der Waals surface area contributed by atoms with Crippen LogP contribution in [0.3, 0.4) is 0 Å². The molecular weight excluding hydrogens is 276 g/mol. The smallest absolute Gasteiger partial charge is 0.311 e. The predicted octanol–water partition coefficient (Wildman–Crippen LogP) is 2.19. The molecule has 0 bridgehead atoms. The molecule has 1 aromatic carbocycles. The van der Waals surface area contributed by atoms with Crippen molar-refractivity contribution in [3.8, 4) is 5.75 Å². The molecule has 0 aliphatic rings. The molecule has 0 aliphatic carbocycles. The summed E-state index contributed by atoms with van der Waals surface area (Å²) in [6.07, 6.45) is 1.57. The molecule has 0 saturated carbocycles. The maximum Gasteiger partial charge on any atom is 0.311 e. The van der Waals surface area contributed by atoms with Crippen LogP contribution in [-0.2, 0) is 4.74 Å². The largest absolute Gasteiger partial charge is 0.487 e. The fourth-order valence-corrected chi connectivity index (χ4v) is 1.68. The Labute approximate surface area is 124 Å². The van der Waals surface area contributed by atoms with Crippen molar-refractivity contribution in [2.24, 2.45) is 0 Å². The Balaban J connectivity index is 2.52. The Hall–Kier alpha value is -1.86. The van der Waals surface area contributed by atoms with Crippen molar-refractivity contribution in [2.75, 3.05) is 38.3 Å². The van der Waals surface area contributed by atoms with Gasteiger partial charge in [0.15, 0.2) is 5.75 Å². The second kappa shape index (κ2) is 9.95. The van der Waals surface area contributed by atoms with E-state index in [2.05, 4.69) is 5.32 Å². The van der Waals surface area contributed by atoms with Crippen LogP contribution in [0.2, 0.25) is 0 Å². The van der Waals surface area contributed by atoms with Crippen LogP contribution in [0.1, 0.15) is 19.8 Å². The monoisotopic (exact) mass is 298 g/mol. The number of hydrogen-bond acceptors (Lipinski definition) is 6. The minimum absolute atomic E-state index is 0.0217. The number of nitro benzene ring substituents is 1. The number of hydrogen-bond donors (Lipinski definition) is 2. The summed E-state index contributed by atoms with van der Waals surface area (Å²) >= 11 is 0. The van der Waals surface area contributed by atoms with Crippen molar-refractivity contribution in [1.29, 1.82) is 0 Å². The molecule has 0 unspecified atom stereocenters. The van der Waals surface area contributed by atoms with E-state index in [4.69, 9.17) is 14.6 Å². The molecule has 0 heterocycles. The third kappa shape index (κ3) is 6.42. The molecule has 1 aromatic rings. The highest BCUT2D eigenvalue weighted by molar-refractivity contribution is 5.57. The number of ether oxygens (including phenoxy) is 2. The zero-order chi connectivity index (χ0) is 15.5. The summed E-state index contributed by atoms with van der Waals surface area (Å²) < 4.78 is 10.6. The van der Waals surface area contributed by atoms with Crippen LogP contribution in [0, 0.1) is 10.1 Å². The minimum atomic E-state index is -0.447. The number of nitrogens with zero attached hydrogens (tertiary/aromatic N) is 1. The highest BCUT2D eigenvalue weighted by atomic mass is 16.6. The first-order chi connectivity index (χ1) is 10.2. The highest BCUT2D eigenvalue weighted by Gasteiger charge is 2.15. The lowest BCUT2D eigenvalue weighted by atomic mass is 10.2. The summed E-state index contributed by atoms with van der Waals surface area (Å²) in [5, 5.41) is 22.6. The molecule has 21 heavy (non-hydrogen) atoms. The standard InChI is InChI=1S/C14H22N2O5/c1-2-8-21-14-11-12(4-5-13(14)16(18)19)15-6-3-9-20-10-7-17/h4-5,11,15,17H,2-3,6-10H2,1H3. The first kappa shape index (κ1) is 17.2. The average molecular weight is 298 g/mol. The van der Waals surface area contributed by atoms with Gasteiger partial charge in [-0.05, 0) is 18.9 Å². The Morgan fingerprint density at radius 3 is 2.81 bits per heavy atom. The Kier molecular flexibility index (Phi) is 8.15. The van der Waals surface area contributed by atoms with Gasteiger partial charge in [-0.1, -0.05) is 6.92 Å². The number of nitro groups is 1. The third-order valence-electron chi connectivity index (χ3n) is 2.65. The molecule has 0 aromatic heterocycles. The highest BCUT2D eigenvalue weighted by Crippen LogP contribution is 2.30. The second-order valence-corrected chi connectivity index (χ2v) is 4.40. The molecule has 0 spiro atoms. The quantitative estimate of drug-likeness (QED) is 0.369. The van der Waals surface area contributed by atoms with Crippen molar-refractivity contribution in [1.82, 2.24) is 0 Å². The number of rotatable bonds is 11. The lowest BCUT2D eigenvalue weighted by Crippen LogP contribution is -2.08. The lowest BCUT2D eigenvalue weighted by molar-refractivity contribution is -0.385. The summed E-state index contributed by atoms with van der Waals surface area (Å²) in [4.78, 5) is 10.5. The van der Waals surface area contributed by atoms with Crippen molar-refractivity contribution >= 4 is 11.4 Å². The second-order valence-electron chi connectivity index (χ2n) is 4.40. The van der Waals surface area contributed by atoms with Gasteiger partial charge in [-0.3, -0.25) is 10.1 Å². The van der Waals surface area contributed by atoms with Crippen LogP contribution in [-0.4, -0.2) is 43.0 Å². The first-order valence-corrected chi connectivity index (χ1v) is 7.02. The van der Waals surface area contributed by atoms with Gasteiger partial charge in [0.2, 0.25) is 0 Å². The molecule has 1 rings (SSSR count). The van der Waals surface area contributed by atoms with E-state index in [1.54, 1.807) is 12.1 Å². The molecule has 0 radical (unpaired) electrons. The van der Waals surface area contributed by atoms with Gasteiger partial charge in [0.05, 0.1) is 24.7 Å². The van der Waals surface area contributed by atoms with Crippen LogP contribution in [0.5, 0.6) is 5.75 Å². The molecule has 0 amide bonds. The Morgan fingerprint density at radius 1 is 1.33 bits per heavy atom. The van der Waals surface area contributed by atoms with Gasteiger partial charge in [-0.2, -0.15) is 0 Å². The number of benzene rings is 1. The molecule has 2 N–H and O–H groups in total. The minimum Gasteiger partial charge on any atom is -0.487 e. The van der Waals surface area contributed by atoms with Gasteiger partial charge in [0.1, 0.15) is 0 Å². The number of aliphatic hydroxyl groups excluding tert-OH is 1. The van der Waals surface area contributed by atoms with E-state index in [9.17, 15) is 10.1 Å². The van der Waals surface area contributed by atoms with Gasteiger partial charge in [0.25, 0.3) is 0 Å². The third-order valence-corrected chi connectivity index (χ3v) is 2.65. The molecule has 118 valence electrons. The van der Waals surface area contributed by atoms with Crippen LogP contribution >= 0.6 is 0 Å². The van der Waals surface area contributed by atoms with Crippen LogP contribution in [0.4, 0.5) is 11.4 Å².